The molecular formula is C10H9N3O2. The highest BCUT2D eigenvalue weighted by atomic mass is 16.4. The van der Waals surface area contributed by atoms with Crippen LogP contribution in [-0.4, -0.2) is 28.1 Å². The zero-order valence-corrected chi connectivity index (χ0v) is 8.06. The van der Waals surface area contributed by atoms with Crippen LogP contribution in [0.5, 0.6) is 0 Å². The van der Waals surface area contributed by atoms with Crippen LogP contribution in [0.4, 0.5) is 5.82 Å². The lowest BCUT2D eigenvalue weighted by Gasteiger charge is -2.05. The lowest BCUT2D eigenvalue weighted by atomic mass is 10.2. The highest BCUT2D eigenvalue weighted by molar-refractivity contribution is 5.93. The Balaban J connectivity index is 2.77. The first-order chi connectivity index (χ1) is 7.22. The summed E-state index contributed by atoms with van der Waals surface area (Å²) in [6.07, 6.45) is 0. The largest absolute Gasteiger partial charge is 0.475 e. The average molecular weight is 203 g/mol. The predicted octanol–water partition coefficient (Wildman–Crippen LogP) is 1.37. The smallest absolute Gasteiger partial charge is 0.374 e. The van der Waals surface area contributed by atoms with Crippen LogP contribution in [0.2, 0.25) is 0 Å². The first-order valence-corrected chi connectivity index (χ1v) is 4.40. The molecule has 1 aromatic heterocycles. The number of hydrogen-bond acceptors (Lipinski definition) is 4. The molecule has 15 heavy (non-hydrogen) atoms. The van der Waals surface area contributed by atoms with Gasteiger partial charge in [-0.15, -0.1) is 0 Å². The van der Waals surface area contributed by atoms with E-state index in [-0.39, 0.29) is 5.82 Å². The first-order valence-electron chi connectivity index (χ1n) is 4.40. The molecule has 0 spiro atoms. The number of carboxylic acid groups (broad SMARTS) is 1. The van der Waals surface area contributed by atoms with Crippen LogP contribution in [0.3, 0.4) is 0 Å². The molecule has 0 saturated carbocycles. The normalized spacial score (nSPS) is 10.2. The number of aromatic nitrogens is 2. The summed E-state index contributed by atoms with van der Waals surface area (Å²) in [4.78, 5) is 18.6. The quantitative estimate of drug-likeness (QED) is 0.770. The minimum absolute atomic E-state index is 0.196. The highest BCUT2D eigenvalue weighted by Gasteiger charge is 2.11. The lowest BCUT2D eigenvalue weighted by Crippen LogP contribution is -2.07. The minimum atomic E-state index is -1.13. The molecule has 2 aromatic rings. The molecule has 0 fully saturated rings. The van der Waals surface area contributed by atoms with Crippen molar-refractivity contribution in [3.63, 3.8) is 0 Å². The van der Waals surface area contributed by atoms with Gasteiger partial charge in [-0.1, -0.05) is 12.1 Å². The second-order valence-electron chi connectivity index (χ2n) is 2.97. The molecule has 5 heteroatoms. The Morgan fingerprint density at radius 2 is 2.07 bits per heavy atom. The van der Waals surface area contributed by atoms with Gasteiger partial charge in [-0.2, -0.15) is 0 Å². The van der Waals surface area contributed by atoms with Gasteiger partial charge < -0.3 is 10.4 Å². The molecule has 2 rings (SSSR count). The van der Waals surface area contributed by atoms with Gasteiger partial charge in [0, 0.05) is 12.4 Å². The molecular weight excluding hydrogens is 194 g/mol. The van der Waals surface area contributed by atoms with Gasteiger partial charge in [-0.3, -0.25) is 0 Å². The Hall–Kier alpha value is -2.17. The van der Waals surface area contributed by atoms with E-state index in [1.807, 2.05) is 12.1 Å². The molecule has 0 aliphatic heterocycles. The van der Waals surface area contributed by atoms with E-state index in [9.17, 15) is 4.79 Å². The van der Waals surface area contributed by atoms with Crippen molar-refractivity contribution >= 4 is 22.7 Å². The number of rotatable bonds is 2. The molecule has 1 heterocycles. The predicted molar refractivity (Wildman–Crippen MR) is 56.0 cm³/mol. The van der Waals surface area contributed by atoms with Crippen molar-refractivity contribution in [2.24, 2.45) is 0 Å². The van der Waals surface area contributed by atoms with Crippen LogP contribution >= 0.6 is 0 Å². The highest BCUT2D eigenvalue weighted by Crippen LogP contribution is 2.19. The van der Waals surface area contributed by atoms with E-state index in [1.54, 1.807) is 19.2 Å². The molecule has 5 nitrogen and oxygen atoms in total. The second-order valence-corrected chi connectivity index (χ2v) is 2.97. The Kier molecular flexibility index (Phi) is 2.21. The first kappa shape index (κ1) is 9.39. The van der Waals surface area contributed by atoms with Gasteiger partial charge in [-0.25, -0.2) is 14.8 Å². The number of para-hydroxylation sites is 1. The van der Waals surface area contributed by atoms with Gasteiger partial charge in [0.2, 0.25) is 5.82 Å². The third-order valence-electron chi connectivity index (χ3n) is 2.03. The van der Waals surface area contributed by atoms with E-state index in [0.29, 0.717) is 11.3 Å². The number of benzene rings is 1. The third kappa shape index (κ3) is 1.59. The zero-order chi connectivity index (χ0) is 10.8. The molecule has 0 unspecified atom stereocenters. The Morgan fingerprint density at radius 1 is 1.33 bits per heavy atom. The maximum absolute atomic E-state index is 10.8. The number of carboxylic acids is 1. The molecule has 0 aliphatic carbocycles. The number of nitrogens with one attached hydrogen (secondary N) is 1. The summed E-state index contributed by atoms with van der Waals surface area (Å²) in [5.41, 5.74) is 0.620. The third-order valence-corrected chi connectivity index (χ3v) is 2.03. The van der Waals surface area contributed by atoms with E-state index in [4.69, 9.17) is 5.11 Å². The number of aromatic carboxylic acids is 1. The van der Waals surface area contributed by atoms with E-state index >= 15 is 0 Å². The second kappa shape index (κ2) is 3.53. The molecule has 0 atom stereocenters. The number of hydrogen-bond donors (Lipinski definition) is 2. The van der Waals surface area contributed by atoms with E-state index in [2.05, 4.69) is 15.3 Å². The van der Waals surface area contributed by atoms with E-state index < -0.39 is 5.97 Å². The maximum Gasteiger partial charge on any atom is 0.374 e. The van der Waals surface area contributed by atoms with Crippen LogP contribution in [-0.2, 0) is 0 Å². The summed E-state index contributed by atoms with van der Waals surface area (Å²) in [7, 11) is 1.69. The standard InChI is InChI=1S/C10H9N3O2/c1-11-8-6-4-2-3-5-7(6)12-9(13-8)10(14)15/h2-5H,1H3,(H,14,15)(H,11,12,13). The molecule has 0 saturated heterocycles. The van der Waals surface area contributed by atoms with Crippen molar-refractivity contribution in [3.05, 3.63) is 30.1 Å². The van der Waals surface area contributed by atoms with Gasteiger partial charge in [-0.05, 0) is 12.1 Å². The monoisotopic (exact) mass is 203 g/mol. The summed E-state index contributed by atoms with van der Waals surface area (Å²) in [6, 6.07) is 7.25. The molecule has 0 bridgehead atoms. The van der Waals surface area contributed by atoms with Crippen molar-refractivity contribution in [3.8, 4) is 0 Å². The van der Waals surface area contributed by atoms with Crippen LogP contribution in [0, 0.1) is 0 Å². The molecule has 76 valence electrons. The van der Waals surface area contributed by atoms with Gasteiger partial charge in [0.25, 0.3) is 0 Å². The van der Waals surface area contributed by atoms with E-state index in [1.165, 1.54) is 0 Å². The van der Waals surface area contributed by atoms with Gasteiger partial charge in [0.15, 0.2) is 0 Å². The summed E-state index contributed by atoms with van der Waals surface area (Å²) < 4.78 is 0. The lowest BCUT2D eigenvalue weighted by molar-refractivity contribution is 0.0684. The number of carbonyl (C=O) groups is 1. The zero-order valence-electron chi connectivity index (χ0n) is 8.06. The van der Waals surface area contributed by atoms with Gasteiger partial charge >= 0.3 is 5.97 Å². The average Bonchev–Trinajstić information content (AvgIpc) is 2.27. The molecule has 0 radical (unpaired) electrons. The van der Waals surface area contributed by atoms with Crippen molar-refractivity contribution in [1.29, 1.82) is 0 Å². The fraction of sp³-hybridized carbons (Fsp3) is 0.100. The summed E-state index contributed by atoms with van der Waals surface area (Å²) in [5, 5.41) is 12.5. The Bertz CT molecular complexity index is 525. The van der Waals surface area contributed by atoms with Crippen molar-refractivity contribution in [2.45, 2.75) is 0 Å². The van der Waals surface area contributed by atoms with Crippen molar-refractivity contribution in [1.82, 2.24) is 9.97 Å². The number of nitrogens with zero attached hydrogens (tertiary/aromatic N) is 2. The van der Waals surface area contributed by atoms with Crippen LogP contribution in [0.15, 0.2) is 24.3 Å². The van der Waals surface area contributed by atoms with Crippen molar-refractivity contribution in [2.75, 3.05) is 12.4 Å². The minimum Gasteiger partial charge on any atom is -0.475 e. The molecule has 2 N–H and O–H groups in total. The fourth-order valence-corrected chi connectivity index (χ4v) is 1.36. The van der Waals surface area contributed by atoms with Crippen LogP contribution in [0.25, 0.3) is 10.9 Å². The summed E-state index contributed by atoms with van der Waals surface area (Å²) >= 11 is 0. The SMILES string of the molecule is CNc1nc(C(=O)O)nc2ccccc12. The van der Waals surface area contributed by atoms with Gasteiger partial charge in [0.05, 0.1) is 5.52 Å². The molecule has 0 amide bonds. The van der Waals surface area contributed by atoms with E-state index in [0.717, 1.165) is 5.39 Å². The van der Waals surface area contributed by atoms with Crippen LogP contribution in [0.1, 0.15) is 10.6 Å². The van der Waals surface area contributed by atoms with Crippen molar-refractivity contribution < 1.29 is 9.90 Å². The van der Waals surface area contributed by atoms with Crippen LogP contribution < -0.4 is 5.32 Å². The van der Waals surface area contributed by atoms with Gasteiger partial charge in [0.1, 0.15) is 5.82 Å². The summed E-state index contributed by atoms with van der Waals surface area (Å²) in [5.74, 6) is -0.798. The topological polar surface area (TPSA) is 75.1 Å². The Morgan fingerprint density at radius 3 is 2.73 bits per heavy atom. The number of anilines is 1. The molecule has 1 aromatic carbocycles. The maximum atomic E-state index is 10.8. The fourth-order valence-electron chi connectivity index (χ4n) is 1.36. The molecule has 0 aliphatic rings. The summed E-state index contributed by atoms with van der Waals surface area (Å²) in [6.45, 7) is 0. The Labute approximate surface area is 85.8 Å². The number of fused-ring (bicyclic) bond motifs is 1.